The molecule has 0 amide bonds. The highest BCUT2D eigenvalue weighted by molar-refractivity contribution is 6.29. The maximum absolute atomic E-state index is 8.93. The predicted octanol–water partition coefficient (Wildman–Crippen LogP) is 1.09. The van der Waals surface area contributed by atoms with Crippen LogP contribution in [0.2, 0.25) is 5.15 Å². The molecule has 11 heavy (non-hydrogen) atoms. The topological polar surface area (TPSA) is 50.4 Å². The minimum Gasteiger partial charge on any atom is -0.492 e. The molecule has 0 saturated heterocycles. The van der Waals surface area contributed by atoms with Crippen LogP contribution in [0.15, 0.2) is 18.5 Å². The first-order chi connectivity index (χ1) is 5.25. The monoisotopic (exact) mass is 169 g/mol. The summed E-state index contributed by atoms with van der Waals surface area (Å²) in [4.78, 5) is 7.55. The number of aromatic hydroxyl groups is 1. The molecule has 2 heterocycles. The van der Waals surface area contributed by atoms with Gasteiger partial charge in [0.05, 0.1) is 6.20 Å². The Morgan fingerprint density at radius 3 is 3.09 bits per heavy atom. The Morgan fingerprint density at radius 2 is 2.27 bits per heavy atom. The van der Waals surface area contributed by atoms with Gasteiger partial charge in [0.1, 0.15) is 5.15 Å². The summed E-state index contributed by atoms with van der Waals surface area (Å²) in [6.45, 7) is 0. The first-order valence-electron chi connectivity index (χ1n) is 2.96. The van der Waals surface area contributed by atoms with Crippen LogP contribution in [-0.2, 0) is 0 Å². The second-order valence-electron chi connectivity index (χ2n) is 2.06. The SMILES string of the molecule is Oc1cn2ccc(Cl)nc2n1. The fourth-order valence-corrected chi connectivity index (χ4v) is 0.970. The lowest BCUT2D eigenvalue weighted by Gasteiger charge is -1.89. The number of fused-ring (bicyclic) bond motifs is 1. The third-order valence-electron chi connectivity index (χ3n) is 1.28. The Balaban J connectivity index is 2.82. The highest BCUT2D eigenvalue weighted by atomic mass is 35.5. The zero-order valence-corrected chi connectivity index (χ0v) is 6.15. The van der Waals surface area contributed by atoms with Gasteiger partial charge in [0.25, 0.3) is 0 Å². The zero-order chi connectivity index (χ0) is 7.84. The standard InChI is InChI=1S/C6H4ClN3O/c7-4-1-2-10-3-5(11)9-6(10)8-4/h1-3,11H. The van der Waals surface area contributed by atoms with E-state index in [2.05, 4.69) is 9.97 Å². The summed E-state index contributed by atoms with van der Waals surface area (Å²) in [7, 11) is 0. The van der Waals surface area contributed by atoms with Crippen LogP contribution in [0.1, 0.15) is 0 Å². The molecule has 2 rings (SSSR count). The average molecular weight is 170 g/mol. The Kier molecular flexibility index (Phi) is 1.22. The van der Waals surface area contributed by atoms with Gasteiger partial charge in [-0.25, -0.2) is 4.98 Å². The Labute approximate surface area is 67.1 Å². The van der Waals surface area contributed by atoms with Crippen molar-refractivity contribution < 1.29 is 5.11 Å². The molecule has 0 saturated carbocycles. The van der Waals surface area contributed by atoms with Crippen molar-refractivity contribution in [3.05, 3.63) is 23.6 Å². The van der Waals surface area contributed by atoms with Crippen LogP contribution >= 0.6 is 11.6 Å². The third-order valence-corrected chi connectivity index (χ3v) is 1.49. The van der Waals surface area contributed by atoms with Crippen molar-refractivity contribution in [3.8, 4) is 5.88 Å². The van der Waals surface area contributed by atoms with Crippen molar-refractivity contribution in [3.63, 3.8) is 0 Å². The molecule has 1 N–H and O–H groups in total. The van der Waals surface area contributed by atoms with E-state index in [9.17, 15) is 0 Å². The molecule has 0 spiro atoms. The number of hydrogen-bond donors (Lipinski definition) is 1. The van der Waals surface area contributed by atoms with Gasteiger partial charge in [-0.2, -0.15) is 4.98 Å². The number of rotatable bonds is 0. The van der Waals surface area contributed by atoms with Crippen LogP contribution < -0.4 is 0 Å². The molecule has 0 aliphatic rings. The van der Waals surface area contributed by atoms with Gasteiger partial charge >= 0.3 is 0 Å². The van der Waals surface area contributed by atoms with Gasteiger partial charge in [0.15, 0.2) is 0 Å². The first kappa shape index (κ1) is 6.42. The quantitative estimate of drug-likeness (QED) is 0.601. The molecule has 4 nitrogen and oxygen atoms in total. The first-order valence-corrected chi connectivity index (χ1v) is 3.34. The van der Waals surface area contributed by atoms with E-state index in [0.29, 0.717) is 10.9 Å². The lowest BCUT2D eigenvalue weighted by Crippen LogP contribution is -1.85. The predicted molar refractivity (Wildman–Crippen MR) is 39.7 cm³/mol. The van der Waals surface area contributed by atoms with E-state index >= 15 is 0 Å². The largest absolute Gasteiger partial charge is 0.492 e. The molecule has 0 aliphatic carbocycles. The highest BCUT2D eigenvalue weighted by Gasteiger charge is 1.99. The number of nitrogens with zero attached hydrogens (tertiary/aromatic N) is 3. The molecule has 5 heteroatoms. The van der Waals surface area contributed by atoms with E-state index in [0.717, 1.165) is 0 Å². The molecule has 56 valence electrons. The fraction of sp³-hybridized carbons (Fsp3) is 0. The van der Waals surface area contributed by atoms with Crippen LogP contribution in [0.3, 0.4) is 0 Å². The maximum atomic E-state index is 8.93. The normalized spacial score (nSPS) is 10.6. The molecular weight excluding hydrogens is 166 g/mol. The molecule has 0 aromatic carbocycles. The Bertz CT molecular complexity index is 398. The zero-order valence-electron chi connectivity index (χ0n) is 5.40. The van der Waals surface area contributed by atoms with Crippen molar-refractivity contribution in [2.45, 2.75) is 0 Å². The fourth-order valence-electron chi connectivity index (χ4n) is 0.838. The van der Waals surface area contributed by atoms with Crippen molar-refractivity contribution in [1.29, 1.82) is 0 Å². The van der Waals surface area contributed by atoms with Crippen LogP contribution in [0, 0.1) is 0 Å². The Morgan fingerprint density at radius 1 is 1.45 bits per heavy atom. The van der Waals surface area contributed by atoms with E-state index < -0.39 is 0 Å². The maximum Gasteiger partial charge on any atom is 0.238 e. The second-order valence-corrected chi connectivity index (χ2v) is 2.44. The summed E-state index contributed by atoms with van der Waals surface area (Å²) >= 11 is 5.58. The van der Waals surface area contributed by atoms with Gasteiger partial charge in [0.2, 0.25) is 11.7 Å². The molecule has 0 fully saturated rings. The van der Waals surface area contributed by atoms with Gasteiger partial charge in [-0.05, 0) is 6.07 Å². The molecular formula is C6H4ClN3O. The Hall–Kier alpha value is -1.29. The summed E-state index contributed by atoms with van der Waals surface area (Å²) in [5.74, 6) is 0.342. The van der Waals surface area contributed by atoms with E-state index in [-0.39, 0.29) is 5.88 Å². The molecule has 0 radical (unpaired) electrons. The van der Waals surface area contributed by atoms with Crippen LogP contribution in [0.5, 0.6) is 5.88 Å². The summed E-state index contributed by atoms with van der Waals surface area (Å²) in [6.07, 6.45) is 3.13. The minimum absolute atomic E-state index is 0.0558. The molecule has 0 aliphatic heterocycles. The van der Waals surface area contributed by atoms with Crippen molar-refractivity contribution >= 4 is 17.4 Å². The van der Waals surface area contributed by atoms with Gasteiger partial charge in [-0.15, -0.1) is 0 Å². The van der Waals surface area contributed by atoms with Gasteiger partial charge in [0, 0.05) is 6.20 Å². The lowest BCUT2D eigenvalue weighted by molar-refractivity contribution is 0.457. The van der Waals surface area contributed by atoms with E-state index in [1.165, 1.54) is 6.20 Å². The number of aromatic nitrogens is 3. The molecule has 0 unspecified atom stereocenters. The number of halogens is 1. The lowest BCUT2D eigenvalue weighted by atomic mass is 10.7. The summed E-state index contributed by atoms with van der Waals surface area (Å²) in [5, 5.41) is 9.30. The minimum atomic E-state index is -0.0558. The second kappa shape index (κ2) is 2.10. The molecule has 0 atom stereocenters. The van der Waals surface area contributed by atoms with E-state index in [1.54, 1.807) is 16.7 Å². The van der Waals surface area contributed by atoms with Crippen LogP contribution in [0.4, 0.5) is 0 Å². The third kappa shape index (κ3) is 1.01. The highest BCUT2D eigenvalue weighted by Crippen LogP contribution is 2.10. The van der Waals surface area contributed by atoms with Gasteiger partial charge < -0.3 is 5.11 Å². The van der Waals surface area contributed by atoms with E-state index in [1.807, 2.05) is 0 Å². The summed E-state index contributed by atoms with van der Waals surface area (Å²) in [5.41, 5.74) is 0. The molecule has 0 bridgehead atoms. The van der Waals surface area contributed by atoms with Crippen molar-refractivity contribution in [2.24, 2.45) is 0 Å². The number of imidazole rings is 1. The molecule has 2 aromatic heterocycles. The van der Waals surface area contributed by atoms with Crippen molar-refractivity contribution in [1.82, 2.24) is 14.4 Å². The smallest absolute Gasteiger partial charge is 0.238 e. The van der Waals surface area contributed by atoms with Crippen LogP contribution in [-0.4, -0.2) is 19.5 Å². The van der Waals surface area contributed by atoms with Crippen molar-refractivity contribution in [2.75, 3.05) is 0 Å². The summed E-state index contributed by atoms with van der Waals surface area (Å²) in [6, 6.07) is 1.62. The van der Waals surface area contributed by atoms with Gasteiger partial charge in [-0.1, -0.05) is 11.6 Å². The van der Waals surface area contributed by atoms with Gasteiger partial charge in [-0.3, -0.25) is 4.40 Å². The molecule has 2 aromatic rings. The number of hydrogen-bond acceptors (Lipinski definition) is 3. The van der Waals surface area contributed by atoms with E-state index in [4.69, 9.17) is 16.7 Å². The average Bonchev–Trinajstić information content (AvgIpc) is 2.27. The summed E-state index contributed by atoms with van der Waals surface area (Å²) < 4.78 is 1.58. The van der Waals surface area contributed by atoms with Crippen LogP contribution in [0.25, 0.3) is 5.78 Å².